The second kappa shape index (κ2) is 8.33. The standard InChI is InChI=1S/C23H27N3O4S/c1-15-5-7-16(8-6-15)20(27)25-22-24-19-17(3-2-4-18(19)31-22)21(28)26-11-9-23(10-12-26)29-13-14-30-23/h5-8,17H,2-4,9-14H2,1H3,(H,24,25,27). The molecule has 1 aromatic heterocycles. The minimum Gasteiger partial charge on any atom is -0.347 e. The molecule has 2 amide bonds. The average molecular weight is 442 g/mol. The van der Waals surface area contributed by atoms with Gasteiger partial charge in [-0.25, -0.2) is 4.98 Å². The highest BCUT2D eigenvalue weighted by Gasteiger charge is 2.42. The summed E-state index contributed by atoms with van der Waals surface area (Å²) in [5.74, 6) is -0.755. The van der Waals surface area contributed by atoms with Gasteiger partial charge in [0, 0.05) is 36.4 Å². The zero-order valence-corrected chi connectivity index (χ0v) is 18.5. The fraction of sp³-hybridized carbons (Fsp3) is 0.522. The third kappa shape index (κ3) is 4.12. The van der Waals surface area contributed by atoms with Crippen LogP contribution >= 0.6 is 11.3 Å². The average Bonchev–Trinajstić information content (AvgIpc) is 3.40. The molecule has 1 unspecified atom stereocenters. The third-order valence-electron chi connectivity index (χ3n) is 6.44. The summed E-state index contributed by atoms with van der Waals surface area (Å²) in [4.78, 5) is 33.6. The molecule has 0 radical (unpaired) electrons. The minimum absolute atomic E-state index is 0.135. The molecule has 2 aromatic rings. The van der Waals surface area contributed by atoms with Crippen LogP contribution < -0.4 is 5.32 Å². The third-order valence-corrected chi connectivity index (χ3v) is 7.48. The Kier molecular flexibility index (Phi) is 5.54. The molecule has 8 heteroatoms. The summed E-state index contributed by atoms with van der Waals surface area (Å²) in [6, 6.07) is 7.46. The van der Waals surface area contributed by atoms with Crippen molar-refractivity contribution in [2.45, 2.75) is 50.7 Å². The van der Waals surface area contributed by atoms with E-state index in [9.17, 15) is 9.59 Å². The van der Waals surface area contributed by atoms with Gasteiger partial charge in [-0.3, -0.25) is 14.9 Å². The number of carbonyl (C=O) groups excluding carboxylic acids is 2. The number of benzene rings is 1. The second-order valence-electron chi connectivity index (χ2n) is 8.53. The number of anilines is 1. The van der Waals surface area contributed by atoms with E-state index in [1.807, 2.05) is 36.1 Å². The van der Waals surface area contributed by atoms with Crippen molar-refractivity contribution < 1.29 is 19.1 Å². The Balaban J connectivity index is 1.28. The quantitative estimate of drug-likeness (QED) is 0.789. The number of aromatic nitrogens is 1. The molecule has 1 atom stereocenters. The van der Waals surface area contributed by atoms with Crippen molar-refractivity contribution in [3.8, 4) is 0 Å². The van der Waals surface area contributed by atoms with Crippen molar-refractivity contribution >= 4 is 28.3 Å². The summed E-state index contributed by atoms with van der Waals surface area (Å²) in [5.41, 5.74) is 2.55. The number of hydrogen-bond acceptors (Lipinski definition) is 6. The maximum absolute atomic E-state index is 13.3. The predicted octanol–water partition coefficient (Wildman–Crippen LogP) is 3.49. The van der Waals surface area contributed by atoms with E-state index in [0.29, 0.717) is 49.8 Å². The predicted molar refractivity (Wildman–Crippen MR) is 117 cm³/mol. The Labute approximate surface area is 185 Å². The molecule has 3 aliphatic rings. The van der Waals surface area contributed by atoms with Gasteiger partial charge in [-0.2, -0.15) is 0 Å². The van der Waals surface area contributed by atoms with E-state index in [-0.39, 0.29) is 17.7 Å². The molecule has 2 aliphatic heterocycles. The van der Waals surface area contributed by atoms with Crippen molar-refractivity contribution in [1.82, 2.24) is 9.88 Å². The topological polar surface area (TPSA) is 80.8 Å². The number of hydrogen-bond donors (Lipinski definition) is 1. The first-order valence-corrected chi connectivity index (χ1v) is 11.8. The number of likely N-dealkylation sites (tertiary alicyclic amines) is 1. The Bertz CT molecular complexity index is 971. The highest BCUT2D eigenvalue weighted by atomic mass is 32.1. The normalized spacial score (nSPS) is 22.4. The van der Waals surface area contributed by atoms with E-state index in [1.165, 1.54) is 11.3 Å². The fourth-order valence-corrected chi connectivity index (χ4v) is 5.72. The van der Waals surface area contributed by atoms with E-state index in [0.717, 1.165) is 35.4 Å². The largest absolute Gasteiger partial charge is 0.347 e. The molecule has 0 saturated carbocycles. The van der Waals surface area contributed by atoms with Crippen molar-refractivity contribution in [1.29, 1.82) is 0 Å². The molecule has 0 bridgehead atoms. The first-order valence-electron chi connectivity index (χ1n) is 11.0. The van der Waals surface area contributed by atoms with Gasteiger partial charge >= 0.3 is 0 Å². The van der Waals surface area contributed by atoms with E-state index < -0.39 is 5.79 Å². The molecule has 1 aliphatic carbocycles. The van der Waals surface area contributed by atoms with Gasteiger partial charge in [-0.05, 0) is 38.3 Å². The van der Waals surface area contributed by atoms with Gasteiger partial charge in [0.25, 0.3) is 5.91 Å². The molecule has 7 nitrogen and oxygen atoms in total. The van der Waals surface area contributed by atoms with Crippen LogP contribution in [0.4, 0.5) is 5.13 Å². The Morgan fingerprint density at radius 1 is 1.16 bits per heavy atom. The minimum atomic E-state index is -0.484. The molecule has 1 N–H and O–H groups in total. The van der Waals surface area contributed by atoms with Crippen LogP contribution in [0.5, 0.6) is 0 Å². The van der Waals surface area contributed by atoms with Gasteiger partial charge < -0.3 is 14.4 Å². The molecule has 1 spiro atoms. The highest BCUT2D eigenvalue weighted by Crippen LogP contribution is 2.39. The van der Waals surface area contributed by atoms with Crippen LogP contribution in [0.1, 0.15) is 58.1 Å². The number of fused-ring (bicyclic) bond motifs is 1. The van der Waals surface area contributed by atoms with Crippen LogP contribution in [0.3, 0.4) is 0 Å². The van der Waals surface area contributed by atoms with Gasteiger partial charge in [-0.15, -0.1) is 11.3 Å². The lowest BCUT2D eigenvalue weighted by molar-refractivity contribution is -0.187. The Morgan fingerprint density at radius 2 is 1.87 bits per heavy atom. The first kappa shape index (κ1) is 20.6. The van der Waals surface area contributed by atoms with Crippen molar-refractivity contribution in [2.75, 3.05) is 31.6 Å². The molecule has 2 fully saturated rings. The van der Waals surface area contributed by atoms with E-state index >= 15 is 0 Å². The molecular formula is C23H27N3O4S. The van der Waals surface area contributed by atoms with Crippen LogP contribution in [0, 0.1) is 6.92 Å². The van der Waals surface area contributed by atoms with Crippen LogP contribution in [-0.4, -0.2) is 53.8 Å². The summed E-state index contributed by atoms with van der Waals surface area (Å²) in [6.45, 7) is 4.55. The van der Waals surface area contributed by atoms with Gasteiger partial charge in [0.1, 0.15) is 0 Å². The number of nitrogens with one attached hydrogen (secondary N) is 1. The molecule has 31 heavy (non-hydrogen) atoms. The number of piperidine rings is 1. The van der Waals surface area contributed by atoms with Crippen molar-refractivity contribution in [2.24, 2.45) is 0 Å². The van der Waals surface area contributed by atoms with Crippen molar-refractivity contribution in [3.05, 3.63) is 46.0 Å². The van der Waals surface area contributed by atoms with E-state index in [4.69, 9.17) is 14.5 Å². The zero-order chi connectivity index (χ0) is 21.4. The summed E-state index contributed by atoms with van der Waals surface area (Å²) >= 11 is 1.49. The van der Waals surface area contributed by atoms with Gasteiger partial charge in [-0.1, -0.05) is 17.7 Å². The number of thiazole rings is 1. The van der Waals surface area contributed by atoms with Gasteiger partial charge in [0.05, 0.1) is 24.8 Å². The number of ether oxygens (including phenoxy) is 2. The molecule has 164 valence electrons. The molecule has 2 saturated heterocycles. The van der Waals surface area contributed by atoms with Gasteiger partial charge in [0.2, 0.25) is 5.91 Å². The maximum Gasteiger partial charge on any atom is 0.257 e. The van der Waals surface area contributed by atoms with Crippen LogP contribution in [-0.2, 0) is 20.7 Å². The number of carbonyl (C=O) groups is 2. The Hall–Kier alpha value is -2.29. The molecule has 3 heterocycles. The maximum atomic E-state index is 13.3. The zero-order valence-electron chi connectivity index (χ0n) is 17.7. The monoisotopic (exact) mass is 441 g/mol. The summed E-state index contributed by atoms with van der Waals surface area (Å²) < 4.78 is 11.6. The lowest BCUT2D eigenvalue weighted by atomic mass is 9.89. The summed E-state index contributed by atoms with van der Waals surface area (Å²) in [6.07, 6.45) is 4.10. The lowest BCUT2D eigenvalue weighted by Gasteiger charge is -2.39. The fourth-order valence-electron chi connectivity index (χ4n) is 4.66. The first-order chi connectivity index (χ1) is 15.0. The molecular weight excluding hydrogens is 414 g/mol. The van der Waals surface area contributed by atoms with Crippen LogP contribution in [0.2, 0.25) is 0 Å². The SMILES string of the molecule is Cc1ccc(C(=O)Nc2nc3c(s2)CCCC3C(=O)N2CCC3(CC2)OCCO3)cc1. The molecule has 5 rings (SSSR count). The number of nitrogens with zero attached hydrogens (tertiary/aromatic N) is 2. The second-order valence-corrected chi connectivity index (χ2v) is 9.61. The van der Waals surface area contributed by atoms with E-state index in [1.54, 1.807) is 0 Å². The summed E-state index contributed by atoms with van der Waals surface area (Å²) in [5, 5.41) is 3.49. The van der Waals surface area contributed by atoms with Crippen LogP contribution in [0.15, 0.2) is 24.3 Å². The lowest BCUT2D eigenvalue weighted by Crippen LogP contribution is -2.48. The van der Waals surface area contributed by atoms with Crippen molar-refractivity contribution in [3.63, 3.8) is 0 Å². The van der Waals surface area contributed by atoms with Gasteiger partial charge in [0.15, 0.2) is 10.9 Å². The highest BCUT2D eigenvalue weighted by molar-refractivity contribution is 7.16. The summed E-state index contributed by atoms with van der Waals surface area (Å²) in [7, 11) is 0. The van der Waals surface area contributed by atoms with Crippen LogP contribution in [0.25, 0.3) is 0 Å². The number of amides is 2. The smallest absolute Gasteiger partial charge is 0.257 e. The number of rotatable bonds is 3. The molecule has 1 aromatic carbocycles. The Morgan fingerprint density at radius 3 is 2.58 bits per heavy atom. The van der Waals surface area contributed by atoms with E-state index in [2.05, 4.69) is 5.32 Å². The number of aryl methyl sites for hydroxylation is 2.